The first-order valence-electron chi connectivity index (χ1n) is 3.16. The number of carboxylic acid groups (broad SMARTS) is 1. The molecule has 0 aromatic carbocycles. The van der Waals surface area contributed by atoms with Crippen molar-refractivity contribution in [3.63, 3.8) is 0 Å². The predicted molar refractivity (Wildman–Crippen MR) is 38.0 cm³/mol. The highest BCUT2D eigenvalue weighted by molar-refractivity contribution is 6.37. The summed E-state index contributed by atoms with van der Waals surface area (Å²) in [6.07, 6.45) is 0.950. The van der Waals surface area contributed by atoms with Gasteiger partial charge in [0.15, 0.2) is 0 Å². The molecule has 62 valence electrons. The molecule has 0 fully saturated rings. The Balaban J connectivity index is 4.08. The maximum absolute atomic E-state index is 10.5. The Bertz CT molecular complexity index is 193. The second-order valence-electron chi connectivity index (χ2n) is 1.86. The van der Waals surface area contributed by atoms with E-state index in [-0.39, 0.29) is 0 Å². The lowest BCUT2D eigenvalue weighted by molar-refractivity contribution is -0.146. The molecule has 0 amide bonds. The van der Waals surface area contributed by atoms with Crippen LogP contribution in [-0.2, 0) is 14.3 Å². The predicted octanol–water partition coefficient (Wildman–Crippen LogP) is 0.580. The first kappa shape index (κ1) is 9.68. The molecular formula is C7H10O4. The Hall–Kier alpha value is -1.32. The zero-order valence-corrected chi connectivity index (χ0v) is 6.46. The molecule has 0 unspecified atom stereocenters. The molecule has 0 heterocycles. The molecular weight excluding hydrogens is 148 g/mol. The van der Waals surface area contributed by atoms with Crippen molar-refractivity contribution in [3.8, 4) is 0 Å². The lowest BCUT2D eigenvalue weighted by Gasteiger charge is -1.99. The summed E-state index contributed by atoms with van der Waals surface area (Å²) in [5.74, 6) is -2.11. The summed E-state index contributed by atoms with van der Waals surface area (Å²) in [4.78, 5) is 20.5. The summed E-state index contributed by atoms with van der Waals surface area (Å²) in [5.41, 5.74) is 0. The van der Waals surface area contributed by atoms with Crippen LogP contribution >= 0.6 is 0 Å². The van der Waals surface area contributed by atoms with Crippen molar-refractivity contribution in [2.24, 2.45) is 0 Å². The summed E-state index contributed by atoms with van der Waals surface area (Å²) < 4.78 is 4.84. The monoisotopic (exact) mass is 158 g/mol. The van der Waals surface area contributed by atoms with Crippen LogP contribution in [0, 0.1) is 0 Å². The summed E-state index contributed by atoms with van der Waals surface area (Å²) in [6.45, 7) is 3.71. The van der Waals surface area contributed by atoms with E-state index in [2.05, 4.69) is 0 Å². The number of hydrogen-bond acceptors (Lipinski definition) is 3. The largest absolute Gasteiger partial charge is 0.498 e. The van der Waals surface area contributed by atoms with Gasteiger partial charge in [-0.05, 0) is 13.8 Å². The fourth-order valence-electron chi connectivity index (χ4n) is 0.516. The SMILES string of the molecule is CCO/C(C)=C\C(=O)C(=O)O. The van der Waals surface area contributed by atoms with Gasteiger partial charge >= 0.3 is 5.97 Å². The van der Waals surface area contributed by atoms with Crippen molar-refractivity contribution in [2.45, 2.75) is 13.8 Å². The molecule has 0 rings (SSSR count). The van der Waals surface area contributed by atoms with Gasteiger partial charge in [-0.15, -0.1) is 0 Å². The minimum absolute atomic E-state index is 0.319. The van der Waals surface area contributed by atoms with Crippen LogP contribution in [0.3, 0.4) is 0 Å². The summed E-state index contributed by atoms with van der Waals surface area (Å²) >= 11 is 0. The molecule has 0 saturated carbocycles. The summed E-state index contributed by atoms with van der Waals surface area (Å²) in [5, 5.41) is 8.15. The molecule has 0 bridgehead atoms. The highest BCUT2D eigenvalue weighted by Crippen LogP contribution is 1.94. The molecule has 1 N–H and O–H groups in total. The van der Waals surface area contributed by atoms with Crippen LogP contribution in [0.5, 0.6) is 0 Å². The Morgan fingerprint density at radius 2 is 2.09 bits per heavy atom. The highest BCUT2D eigenvalue weighted by Gasteiger charge is 2.07. The second-order valence-corrected chi connectivity index (χ2v) is 1.86. The van der Waals surface area contributed by atoms with Crippen LogP contribution in [0.15, 0.2) is 11.8 Å². The molecule has 0 aliphatic heterocycles. The molecule has 11 heavy (non-hydrogen) atoms. The summed E-state index contributed by atoms with van der Waals surface area (Å²) in [7, 11) is 0. The number of ketones is 1. The molecule has 4 heteroatoms. The zero-order chi connectivity index (χ0) is 8.85. The Kier molecular flexibility index (Phi) is 3.95. The van der Waals surface area contributed by atoms with E-state index < -0.39 is 11.8 Å². The van der Waals surface area contributed by atoms with Gasteiger partial charge in [-0.25, -0.2) is 4.79 Å². The zero-order valence-electron chi connectivity index (χ0n) is 6.46. The van der Waals surface area contributed by atoms with Crippen LogP contribution in [-0.4, -0.2) is 23.5 Å². The van der Waals surface area contributed by atoms with Crippen molar-refractivity contribution in [3.05, 3.63) is 11.8 Å². The Morgan fingerprint density at radius 1 is 1.55 bits per heavy atom. The minimum Gasteiger partial charge on any atom is -0.498 e. The van der Waals surface area contributed by atoms with E-state index >= 15 is 0 Å². The quantitative estimate of drug-likeness (QED) is 0.369. The Morgan fingerprint density at radius 3 is 2.45 bits per heavy atom. The molecule has 0 spiro atoms. The first-order valence-corrected chi connectivity index (χ1v) is 3.16. The third kappa shape index (κ3) is 4.13. The van der Waals surface area contributed by atoms with Crippen LogP contribution in [0.4, 0.5) is 0 Å². The van der Waals surface area contributed by atoms with E-state index in [4.69, 9.17) is 9.84 Å². The number of carbonyl (C=O) groups is 2. The highest BCUT2D eigenvalue weighted by atomic mass is 16.5. The number of aliphatic carboxylic acids is 1. The molecule has 0 saturated heterocycles. The molecule has 0 aromatic heterocycles. The van der Waals surface area contributed by atoms with Gasteiger partial charge in [0, 0.05) is 6.08 Å². The third-order valence-corrected chi connectivity index (χ3v) is 0.917. The van der Waals surface area contributed by atoms with Crippen LogP contribution in [0.25, 0.3) is 0 Å². The van der Waals surface area contributed by atoms with Crippen LogP contribution < -0.4 is 0 Å². The van der Waals surface area contributed by atoms with E-state index in [1.807, 2.05) is 0 Å². The number of hydrogen-bond donors (Lipinski definition) is 1. The van der Waals surface area contributed by atoms with E-state index in [0.717, 1.165) is 6.08 Å². The third-order valence-electron chi connectivity index (χ3n) is 0.917. The minimum atomic E-state index is -1.47. The number of carboxylic acids is 1. The molecule has 0 radical (unpaired) electrons. The molecule has 0 aliphatic rings. The fourth-order valence-corrected chi connectivity index (χ4v) is 0.516. The van der Waals surface area contributed by atoms with Gasteiger partial charge in [0.25, 0.3) is 5.78 Å². The van der Waals surface area contributed by atoms with Crippen molar-refractivity contribution in [2.75, 3.05) is 6.61 Å². The van der Waals surface area contributed by atoms with E-state index in [0.29, 0.717) is 12.4 Å². The number of rotatable bonds is 4. The van der Waals surface area contributed by atoms with Gasteiger partial charge in [0.05, 0.1) is 12.4 Å². The average Bonchev–Trinajstić information content (AvgIpc) is 1.87. The molecule has 0 atom stereocenters. The average molecular weight is 158 g/mol. The van der Waals surface area contributed by atoms with Gasteiger partial charge in [0.1, 0.15) is 0 Å². The normalized spacial score (nSPS) is 10.9. The number of carbonyl (C=O) groups excluding carboxylic acids is 1. The van der Waals surface area contributed by atoms with Crippen LogP contribution in [0.2, 0.25) is 0 Å². The van der Waals surface area contributed by atoms with E-state index in [1.165, 1.54) is 6.92 Å². The fraction of sp³-hybridized carbons (Fsp3) is 0.429. The lowest BCUT2D eigenvalue weighted by Crippen LogP contribution is -2.09. The van der Waals surface area contributed by atoms with Gasteiger partial charge < -0.3 is 9.84 Å². The van der Waals surface area contributed by atoms with Crippen molar-refractivity contribution in [1.29, 1.82) is 0 Å². The standard InChI is InChI=1S/C7H10O4/c1-3-11-5(2)4-6(8)7(9)10/h4H,3H2,1-2H3,(H,9,10)/b5-4-. The summed E-state index contributed by atoms with van der Waals surface area (Å²) in [6, 6.07) is 0. The van der Waals surface area contributed by atoms with Gasteiger partial charge in [-0.3, -0.25) is 4.79 Å². The van der Waals surface area contributed by atoms with Crippen molar-refractivity contribution >= 4 is 11.8 Å². The lowest BCUT2D eigenvalue weighted by atomic mass is 10.3. The number of allylic oxidation sites excluding steroid dienone is 1. The van der Waals surface area contributed by atoms with E-state index in [1.54, 1.807) is 6.92 Å². The van der Waals surface area contributed by atoms with Crippen molar-refractivity contribution < 1.29 is 19.4 Å². The number of ether oxygens (including phenoxy) is 1. The van der Waals surface area contributed by atoms with Gasteiger partial charge in [-0.1, -0.05) is 0 Å². The van der Waals surface area contributed by atoms with Crippen LogP contribution in [0.1, 0.15) is 13.8 Å². The van der Waals surface area contributed by atoms with E-state index in [9.17, 15) is 9.59 Å². The first-order chi connectivity index (χ1) is 5.07. The van der Waals surface area contributed by atoms with Crippen molar-refractivity contribution in [1.82, 2.24) is 0 Å². The molecule has 0 aromatic rings. The maximum Gasteiger partial charge on any atom is 0.376 e. The topological polar surface area (TPSA) is 63.6 Å². The Labute approximate surface area is 64.5 Å². The van der Waals surface area contributed by atoms with Gasteiger partial charge in [-0.2, -0.15) is 0 Å². The second kappa shape index (κ2) is 4.49. The smallest absolute Gasteiger partial charge is 0.376 e. The van der Waals surface area contributed by atoms with Gasteiger partial charge in [0.2, 0.25) is 0 Å². The maximum atomic E-state index is 10.5. The molecule has 0 aliphatic carbocycles. The molecule has 4 nitrogen and oxygen atoms in total.